The summed E-state index contributed by atoms with van der Waals surface area (Å²) in [7, 11) is 0. The Kier molecular flexibility index (Phi) is 4.89. The average Bonchev–Trinajstić information content (AvgIpc) is 2.35. The zero-order valence-electron chi connectivity index (χ0n) is 12.5. The number of hydrogen-bond donors (Lipinski definition) is 1. The highest BCUT2D eigenvalue weighted by molar-refractivity contribution is 5.93. The minimum absolute atomic E-state index is 0.415. The number of carbonyl (C=O) groups excluding carboxylic acids is 2. The fourth-order valence-corrected chi connectivity index (χ4v) is 1.27. The zero-order valence-corrected chi connectivity index (χ0v) is 12.5. The second-order valence-electron chi connectivity index (χ2n) is 5.91. The van der Waals surface area contributed by atoms with Crippen LogP contribution in [0.3, 0.4) is 0 Å². The van der Waals surface area contributed by atoms with Gasteiger partial charge in [-0.25, -0.2) is 10.3 Å². The third-order valence-electron chi connectivity index (χ3n) is 2.33. The SMILES string of the molecule is CC(C)(C)OC(=O)C(C)(C)ONC(=O)c1ccccc1. The summed E-state index contributed by atoms with van der Waals surface area (Å²) in [6.07, 6.45) is 0. The highest BCUT2D eigenvalue weighted by atomic mass is 16.7. The first-order valence-corrected chi connectivity index (χ1v) is 6.39. The molecule has 1 rings (SSSR count). The minimum Gasteiger partial charge on any atom is -0.458 e. The van der Waals surface area contributed by atoms with Crippen LogP contribution in [-0.4, -0.2) is 23.1 Å². The van der Waals surface area contributed by atoms with Crippen LogP contribution in [0.1, 0.15) is 45.0 Å². The van der Waals surface area contributed by atoms with Gasteiger partial charge in [-0.1, -0.05) is 18.2 Å². The lowest BCUT2D eigenvalue weighted by Gasteiger charge is -2.28. The fourth-order valence-electron chi connectivity index (χ4n) is 1.27. The molecule has 0 saturated carbocycles. The first-order valence-electron chi connectivity index (χ1n) is 6.39. The van der Waals surface area contributed by atoms with E-state index < -0.39 is 23.1 Å². The molecular formula is C15H21NO4. The second-order valence-corrected chi connectivity index (χ2v) is 5.91. The van der Waals surface area contributed by atoms with Gasteiger partial charge in [0, 0.05) is 5.56 Å². The molecule has 0 unspecified atom stereocenters. The summed E-state index contributed by atoms with van der Waals surface area (Å²) in [5.41, 5.74) is 0.841. The van der Waals surface area contributed by atoms with E-state index in [-0.39, 0.29) is 0 Å². The number of carbonyl (C=O) groups is 2. The van der Waals surface area contributed by atoms with Crippen LogP contribution in [-0.2, 0) is 14.4 Å². The molecule has 20 heavy (non-hydrogen) atoms. The number of nitrogens with one attached hydrogen (secondary N) is 1. The lowest BCUT2D eigenvalue weighted by molar-refractivity contribution is -0.185. The number of esters is 1. The highest BCUT2D eigenvalue weighted by Crippen LogP contribution is 2.16. The number of hydroxylamine groups is 1. The third-order valence-corrected chi connectivity index (χ3v) is 2.33. The molecule has 1 amide bonds. The van der Waals surface area contributed by atoms with E-state index in [1.807, 2.05) is 6.07 Å². The fraction of sp³-hybridized carbons (Fsp3) is 0.467. The Hall–Kier alpha value is -1.88. The van der Waals surface area contributed by atoms with E-state index in [4.69, 9.17) is 9.57 Å². The van der Waals surface area contributed by atoms with Crippen LogP contribution in [0.5, 0.6) is 0 Å². The molecule has 110 valence electrons. The van der Waals surface area contributed by atoms with Crippen molar-refractivity contribution >= 4 is 11.9 Å². The number of rotatable bonds is 4. The molecule has 0 aliphatic heterocycles. The van der Waals surface area contributed by atoms with Gasteiger partial charge in [-0.3, -0.25) is 9.63 Å². The van der Waals surface area contributed by atoms with Crippen LogP contribution >= 0.6 is 0 Å². The van der Waals surface area contributed by atoms with E-state index in [2.05, 4.69) is 5.48 Å². The summed E-state index contributed by atoms with van der Waals surface area (Å²) in [4.78, 5) is 28.9. The molecule has 0 heterocycles. The van der Waals surface area contributed by atoms with Crippen molar-refractivity contribution in [3.63, 3.8) is 0 Å². The summed E-state index contributed by atoms with van der Waals surface area (Å²) < 4.78 is 5.23. The van der Waals surface area contributed by atoms with Crippen LogP contribution < -0.4 is 5.48 Å². The summed E-state index contributed by atoms with van der Waals surface area (Å²) in [6.45, 7) is 8.37. The van der Waals surface area contributed by atoms with Gasteiger partial charge in [0.15, 0.2) is 5.60 Å². The lowest BCUT2D eigenvalue weighted by Crippen LogP contribution is -2.45. The monoisotopic (exact) mass is 279 g/mol. The Morgan fingerprint density at radius 2 is 1.55 bits per heavy atom. The molecule has 5 nitrogen and oxygen atoms in total. The van der Waals surface area contributed by atoms with Crippen molar-refractivity contribution in [2.45, 2.75) is 45.8 Å². The van der Waals surface area contributed by atoms with Gasteiger partial charge in [-0.2, -0.15) is 0 Å². The van der Waals surface area contributed by atoms with Gasteiger partial charge in [0.1, 0.15) is 5.60 Å². The summed E-state index contributed by atoms with van der Waals surface area (Å²) in [5.74, 6) is -0.958. The normalized spacial score (nSPS) is 11.8. The van der Waals surface area contributed by atoms with E-state index in [0.29, 0.717) is 5.56 Å². The van der Waals surface area contributed by atoms with Crippen LogP contribution in [0.15, 0.2) is 30.3 Å². The third kappa shape index (κ3) is 5.01. The minimum atomic E-state index is -1.27. The van der Waals surface area contributed by atoms with E-state index in [1.54, 1.807) is 45.0 Å². The Morgan fingerprint density at radius 1 is 1.00 bits per heavy atom. The molecule has 0 fully saturated rings. The molecule has 0 spiro atoms. The van der Waals surface area contributed by atoms with Gasteiger partial charge in [0.25, 0.3) is 5.91 Å². The first kappa shape index (κ1) is 16.2. The summed E-state index contributed by atoms with van der Waals surface area (Å²) in [6, 6.07) is 8.60. The molecule has 0 atom stereocenters. The van der Waals surface area contributed by atoms with Crippen molar-refractivity contribution in [1.82, 2.24) is 5.48 Å². The molecule has 0 bridgehead atoms. The molecule has 0 radical (unpaired) electrons. The van der Waals surface area contributed by atoms with E-state index >= 15 is 0 Å². The van der Waals surface area contributed by atoms with Crippen molar-refractivity contribution in [2.75, 3.05) is 0 Å². The standard InChI is InChI=1S/C15H21NO4/c1-14(2,3)19-13(18)15(4,5)20-16-12(17)11-9-7-6-8-10-11/h6-10H,1-5H3,(H,16,17). The van der Waals surface area contributed by atoms with Crippen molar-refractivity contribution in [1.29, 1.82) is 0 Å². The molecule has 0 aliphatic rings. The molecule has 0 aliphatic carbocycles. The molecule has 0 saturated heterocycles. The largest absolute Gasteiger partial charge is 0.458 e. The van der Waals surface area contributed by atoms with E-state index in [0.717, 1.165) is 0 Å². The summed E-state index contributed by atoms with van der Waals surface area (Å²) in [5, 5.41) is 0. The molecule has 1 N–H and O–H groups in total. The van der Waals surface area contributed by atoms with Crippen LogP contribution in [0.2, 0.25) is 0 Å². The van der Waals surface area contributed by atoms with Crippen molar-refractivity contribution in [3.05, 3.63) is 35.9 Å². The first-order chi connectivity index (χ1) is 9.12. The highest BCUT2D eigenvalue weighted by Gasteiger charge is 2.35. The van der Waals surface area contributed by atoms with Crippen LogP contribution in [0.25, 0.3) is 0 Å². The van der Waals surface area contributed by atoms with Crippen LogP contribution in [0.4, 0.5) is 0 Å². The van der Waals surface area contributed by atoms with Gasteiger partial charge in [-0.15, -0.1) is 0 Å². The summed E-state index contributed by atoms with van der Waals surface area (Å²) >= 11 is 0. The number of amides is 1. The van der Waals surface area contributed by atoms with E-state index in [9.17, 15) is 9.59 Å². The molecule has 1 aromatic carbocycles. The van der Waals surface area contributed by atoms with Crippen molar-refractivity contribution in [2.24, 2.45) is 0 Å². The van der Waals surface area contributed by atoms with Crippen molar-refractivity contribution in [3.8, 4) is 0 Å². The predicted octanol–water partition coefficient (Wildman–Crippen LogP) is 2.47. The van der Waals surface area contributed by atoms with Crippen LogP contribution in [0, 0.1) is 0 Å². The van der Waals surface area contributed by atoms with Gasteiger partial charge in [-0.05, 0) is 46.8 Å². The molecule has 1 aromatic rings. The second kappa shape index (κ2) is 6.05. The number of benzene rings is 1. The predicted molar refractivity (Wildman–Crippen MR) is 74.9 cm³/mol. The van der Waals surface area contributed by atoms with Crippen molar-refractivity contribution < 1.29 is 19.2 Å². The Morgan fingerprint density at radius 3 is 2.05 bits per heavy atom. The Bertz CT molecular complexity index is 474. The maximum absolute atomic E-state index is 11.9. The van der Waals surface area contributed by atoms with E-state index in [1.165, 1.54) is 13.8 Å². The topological polar surface area (TPSA) is 64.6 Å². The molecule has 0 aromatic heterocycles. The van der Waals surface area contributed by atoms with Gasteiger partial charge < -0.3 is 4.74 Å². The van der Waals surface area contributed by atoms with Gasteiger partial charge >= 0.3 is 5.97 Å². The number of hydrogen-bond acceptors (Lipinski definition) is 4. The molecule has 5 heteroatoms. The quantitative estimate of drug-likeness (QED) is 0.679. The lowest BCUT2D eigenvalue weighted by atomic mass is 10.1. The maximum Gasteiger partial charge on any atom is 0.341 e. The Labute approximate surface area is 119 Å². The maximum atomic E-state index is 11.9. The Balaban J connectivity index is 2.59. The zero-order chi connectivity index (χ0) is 15.4. The van der Waals surface area contributed by atoms with Gasteiger partial charge in [0.05, 0.1) is 0 Å². The number of ether oxygens (including phenoxy) is 1. The molecular weight excluding hydrogens is 258 g/mol. The smallest absolute Gasteiger partial charge is 0.341 e. The van der Waals surface area contributed by atoms with Gasteiger partial charge in [0.2, 0.25) is 0 Å². The average molecular weight is 279 g/mol.